The number of amides is 1. The largest absolute Gasteiger partial charge is 0.352 e. The first kappa shape index (κ1) is 15.1. The van der Waals surface area contributed by atoms with E-state index in [9.17, 15) is 4.79 Å². The van der Waals surface area contributed by atoms with Crippen molar-refractivity contribution in [2.75, 3.05) is 0 Å². The summed E-state index contributed by atoms with van der Waals surface area (Å²) in [6.07, 6.45) is 9.41. The zero-order valence-corrected chi connectivity index (χ0v) is 12.7. The Labute approximate surface area is 122 Å². The number of rotatable bonds is 2. The molecule has 3 nitrogen and oxygen atoms in total. The van der Waals surface area contributed by atoms with Crippen LogP contribution in [0, 0.1) is 17.3 Å². The summed E-state index contributed by atoms with van der Waals surface area (Å²) in [6, 6.07) is 0.788. The molecule has 3 saturated carbocycles. The number of hydrogen-bond acceptors (Lipinski definition) is 2. The molecule has 0 radical (unpaired) electrons. The minimum Gasteiger partial charge on any atom is -0.352 e. The van der Waals surface area contributed by atoms with Crippen LogP contribution < -0.4 is 11.1 Å². The number of halogens is 1. The molecule has 0 heterocycles. The van der Waals surface area contributed by atoms with Crippen molar-refractivity contribution in [3.8, 4) is 0 Å². The van der Waals surface area contributed by atoms with Gasteiger partial charge >= 0.3 is 0 Å². The van der Waals surface area contributed by atoms with Crippen LogP contribution in [0.15, 0.2) is 0 Å². The van der Waals surface area contributed by atoms with E-state index in [-0.39, 0.29) is 17.8 Å². The van der Waals surface area contributed by atoms with Crippen LogP contribution in [0.4, 0.5) is 0 Å². The molecular formula is C15H27ClN2O. The second kappa shape index (κ2) is 5.61. The first-order chi connectivity index (χ1) is 8.58. The molecule has 0 aromatic heterocycles. The summed E-state index contributed by atoms with van der Waals surface area (Å²) in [6.45, 7) is 2.12. The molecule has 3 fully saturated rings. The quantitative estimate of drug-likeness (QED) is 0.820. The van der Waals surface area contributed by atoms with Crippen molar-refractivity contribution in [3.05, 3.63) is 0 Å². The zero-order chi connectivity index (χ0) is 12.8. The Kier molecular flexibility index (Phi) is 4.46. The molecule has 3 rings (SSSR count). The summed E-state index contributed by atoms with van der Waals surface area (Å²) in [4.78, 5) is 12.4. The van der Waals surface area contributed by atoms with Crippen LogP contribution in [-0.2, 0) is 4.79 Å². The summed E-state index contributed by atoms with van der Waals surface area (Å²) >= 11 is 0. The summed E-state index contributed by atoms with van der Waals surface area (Å²) < 4.78 is 0. The molecule has 19 heavy (non-hydrogen) atoms. The molecule has 0 saturated heterocycles. The second-order valence-corrected chi connectivity index (χ2v) is 7.10. The number of nitrogens with two attached hydrogens (primary N) is 1. The van der Waals surface area contributed by atoms with Crippen LogP contribution in [0.3, 0.4) is 0 Å². The van der Waals surface area contributed by atoms with Crippen LogP contribution >= 0.6 is 12.4 Å². The molecule has 0 aliphatic heterocycles. The van der Waals surface area contributed by atoms with Gasteiger partial charge in [0.05, 0.1) is 0 Å². The van der Waals surface area contributed by atoms with Crippen molar-refractivity contribution < 1.29 is 4.79 Å². The van der Waals surface area contributed by atoms with E-state index < -0.39 is 0 Å². The summed E-state index contributed by atoms with van der Waals surface area (Å²) in [5, 5.41) is 3.39. The molecule has 4 heteroatoms. The fourth-order valence-corrected chi connectivity index (χ4v) is 4.28. The first-order valence-electron chi connectivity index (χ1n) is 7.65. The molecule has 3 N–H and O–H groups in total. The smallest absolute Gasteiger partial charge is 0.226 e. The van der Waals surface area contributed by atoms with Crippen LogP contribution in [0.1, 0.15) is 58.3 Å². The highest BCUT2D eigenvalue weighted by molar-refractivity contribution is 5.85. The van der Waals surface area contributed by atoms with Gasteiger partial charge in [-0.1, -0.05) is 19.8 Å². The fraction of sp³-hybridized carbons (Fsp3) is 0.933. The molecule has 3 aliphatic carbocycles. The Hall–Kier alpha value is -0.280. The Bertz CT molecular complexity index is 329. The fourth-order valence-electron chi connectivity index (χ4n) is 4.28. The van der Waals surface area contributed by atoms with E-state index >= 15 is 0 Å². The highest BCUT2D eigenvalue weighted by Crippen LogP contribution is 2.43. The van der Waals surface area contributed by atoms with Crippen LogP contribution in [0.2, 0.25) is 0 Å². The minimum absolute atomic E-state index is 0. The third-order valence-electron chi connectivity index (χ3n) is 5.68. The molecule has 2 unspecified atom stereocenters. The summed E-state index contributed by atoms with van der Waals surface area (Å²) in [5.74, 6) is 1.59. The topological polar surface area (TPSA) is 55.1 Å². The molecule has 0 spiro atoms. The third kappa shape index (κ3) is 2.78. The molecule has 2 atom stereocenters. The maximum atomic E-state index is 12.4. The first-order valence-corrected chi connectivity index (χ1v) is 7.65. The summed E-state index contributed by atoms with van der Waals surface area (Å²) in [7, 11) is 0. The van der Waals surface area contributed by atoms with Gasteiger partial charge in [0.1, 0.15) is 0 Å². The van der Waals surface area contributed by atoms with Gasteiger partial charge in [-0.2, -0.15) is 0 Å². The van der Waals surface area contributed by atoms with E-state index in [1.807, 2.05) is 0 Å². The normalized spacial score (nSPS) is 39.7. The monoisotopic (exact) mass is 286 g/mol. The van der Waals surface area contributed by atoms with Gasteiger partial charge in [0, 0.05) is 17.5 Å². The predicted molar refractivity (Wildman–Crippen MR) is 79.2 cm³/mol. The Morgan fingerprint density at radius 3 is 2.21 bits per heavy atom. The minimum atomic E-state index is -0.0616. The van der Waals surface area contributed by atoms with Crippen molar-refractivity contribution in [3.63, 3.8) is 0 Å². The molecule has 110 valence electrons. The average Bonchev–Trinajstić information content (AvgIpc) is 2.27. The standard InChI is InChI=1S/C15H26N2O.ClH/c1-15(6-3-7-15)14(18)17-13-10-4-2-5-11(13)9-12(16)8-10;/h10-13H,2-9,16H2,1H3,(H,17,18);1H. The lowest BCUT2D eigenvalue weighted by Gasteiger charge is -2.47. The van der Waals surface area contributed by atoms with Gasteiger partial charge in [0.25, 0.3) is 0 Å². The SMILES string of the molecule is CC1(C(=O)NC2C3CCCC2CC(N)C3)CCC1.Cl. The van der Waals surface area contributed by atoms with Crippen LogP contribution in [0.25, 0.3) is 0 Å². The lowest BCUT2D eigenvalue weighted by molar-refractivity contribution is -0.137. The molecule has 0 aromatic rings. The Balaban J connectivity index is 0.00000133. The van der Waals surface area contributed by atoms with Crippen molar-refractivity contribution in [1.29, 1.82) is 0 Å². The van der Waals surface area contributed by atoms with Gasteiger partial charge in [-0.3, -0.25) is 4.79 Å². The number of fused-ring (bicyclic) bond motifs is 2. The summed E-state index contributed by atoms with van der Waals surface area (Å²) in [5.41, 5.74) is 6.07. The number of hydrogen-bond donors (Lipinski definition) is 2. The van der Waals surface area contributed by atoms with Crippen molar-refractivity contribution in [2.24, 2.45) is 23.0 Å². The molecule has 1 amide bonds. The molecule has 3 aliphatic rings. The van der Waals surface area contributed by atoms with Gasteiger partial charge in [-0.25, -0.2) is 0 Å². The van der Waals surface area contributed by atoms with Crippen molar-refractivity contribution >= 4 is 18.3 Å². The van der Waals surface area contributed by atoms with Gasteiger partial charge < -0.3 is 11.1 Å². The molecule has 2 bridgehead atoms. The second-order valence-electron chi connectivity index (χ2n) is 7.10. The lowest BCUT2D eigenvalue weighted by Crippen LogP contribution is -2.57. The Morgan fingerprint density at radius 2 is 1.74 bits per heavy atom. The predicted octanol–water partition coefficient (Wildman–Crippen LogP) is 2.62. The van der Waals surface area contributed by atoms with E-state index in [0.29, 0.717) is 29.8 Å². The van der Waals surface area contributed by atoms with Gasteiger partial charge in [0.15, 0.2) is 0 Å². The number of nitrogens with one attached hydrogen (secondary N) is 1. The van der Waals surface area contributed by atoms with E-state index in [1.54, 1.807) is 0 Å². The van der Waals surface area contributed by atoms with E-state index in [0.717, 1.165) is 25.7 Å². The third-order valence-corrected chi connectivity index (χ3v) is 5.68. The zero-order valence-electron chi connectivity index (χ0n) is 11.9. The molecular weight excluding hydrogens is 260 g/mol. The van der Waals surface area contributed by atoms with E-state index in [1.165, 1.54) is 25.7 Å². The van der Waals surface area contributed by atoms with E-state index in [4.69, 9.17) is 5.73 Å². The molecule has 0 aromatic carbocycles. The van der Waals surface area contributed by atoms with Gasteiger partial charge in [0.2, 0.25) is 5.91 Å². The maximum Gasteiger partial charge on any atom is 0.226 e. The van der Waals surface area contributed by atoms with Gasteiger partial charge in [-0.05, 0) is 50.4 Å². The Morgan fingerprint density at radius 1 is 1.16 bits per heavy atom. The maximum absolute atomic E-state index is 12.4. The average molecular weight is 287 g/mol. The van der Waals surface area contributed by atoms with E-state index in [2.05, 4.69) is 12.2 Å². The van der Waals surface area contributed by atoms with Gasteiger partial charge in [-0.15, -0.1) is 12.4 Å². The van der Waals surface area contributed by atoms with Crippen LogP contribution in [-0.4, -0.2) is 18.0 Å². The van der Waals surface area contributed by atoms with Crippen molar-refractivity contribution in [2.45, 2.75) is 70.4 Å². The number of carbonyl (C=O) groups is 1. The highest BCUT2D eigenvalue weighted by Gasteiger charge is 2.44. The highest BCUT2D eigenvalue weighted by atomic mass is 35.5. The lowest BCUT2D eigenvalue weighted by atomic mass is 9.65. The van der Waals surface area contributed by atoms with Crippen LogP contribution in [0.5, 0.6) is 0 Å². The van der Waals surface area contributed by atoms with Crippen molar-refractivity contribution in [1.82, 2.24) is 5.32 Å². The number of carbonyl (C=O) groups excluding carboxylic acids is 1.